The van der Waals surface area contributed by atoms with Crippen molar-refractivity contribution < 1.29 is 4.79 Å². The summed E-state index contributed by atoms with van der Waals surface area (Å²) in [5, 5.41) is 14.3. The lowest BCUT2D eigenvalue weighted by Crippen LogP contribution is -2.46. The maximum atomic E-state index is 12.2. The number of nitrogens with one attached hydrogen (secondary N) is 2. The molecule has 0 aliphatic carbocycles. The molecule has 0 unspecified atom stereocenters. The largest absolute Gasteiger partial charge is 0.348 e. The minimum Gasteiger partial charge on any atom is -0.348 e. The van der Waals surface area contributed by atoms with Gasteiger partial charge in [-0.1, -0.05) is 5.21 Å². The van der Waals surface area contributed by atoms with Gasteiger partial charge in [0, 0.05) is 38.3 Å². The second kappa shape index (κ2) is 6.11. The molecule has 0 spiro atoms. The number of carbonyl (C=O) groups excluding carboxylic acids is 1. The molecular weight excluding hydrogens is 268 g/mol. The van der Waals surface area contributed by atoms with Gasteiger partial charge in [0.1, 0.15) is 0 Å². The van der Waals surface area contributed by atoms with Crippen molar-refractivity contribution in [3.05, 3.63) is 11.9 Å². The number of rotatable bonds is 4. The fourth-order valence-electron chi connectivity index (χ4n) is 2.84. The van der Waals surface area contributed by atoms with Crippen molar-refractivity contribution in [3.8, 4) is 0 Å². The molecule has 2 aliphatic heterocycles. The summed E-state index contributed by atoms with van der Waals surface area (Å²) in [7, 11) is 0. The Balaban J connectivity index is 1.51. The Hall–Kier alpha value is -1.47. The van der Waals surface area contributed by atoms with Gasteiger partial charge in [0.25, 0.3) is 5.91 Å². The monoisotopic (exact) mass is 292 g/mol. The zero-order valence-electron chi connectivity index (χ0n) is 12.7. The number of aromatic nitrogens is 3. The Kier molecular flexibility index (Phi) is 4.21. The summed E-state index contributed by atoms with van der Waals surface area (Å²) in [6.45, 7) is 8.32. The van der Waals surface area contributed by atoms with Crippen LogP contribution in [0.15, 0.2) is 6.20 Å². The van der Waals surface area contributed by atoms with Crippen molar-refractivity contribution in [1.82, 2.24) is 30.5 Å². The third-order valence-corrected chi connectivity index (χ3v) is 4.47. The number of carbonyl (C=O) groups is 1. The van der Waals surface area contributed by atoms with E-state index in [-0.39, 0.29) is 11.9 Å². The summed E-state index contributed by atoms with van der Waals surface area (Å²) in [5.74, 6) is -0.100. The van der Waals surface area contributed by atoms with Crippen molar-refractivity contribution in [3.63, 3.8) is 0 Å². The topological polar surface area (TPSA) is 75.1 Å². The van der Waals surface area contributed by atoms with Gasteiger partial charge in [0.2, 0.25) is 0 Å². The van der Waals surface area contributed by atoms with Gasteiger partial charge in [-0.2, -0.15) is 0 Å². The van der Waals surface area contributed by atoms with Crippen molar-refractivity contribution in [2.45, 2.75) is 44.8 Å². The first kappa shape index (κ1) is 14.5. The molecule has 3 heterocycles. The normalized spacial score (nSPS) is 21.5. The summed E-state index contributed by atoms with van der Waals surface area (Å²) in [6.07, 6.45) is 3.76. The van der Waals surface area contributed by atoms with Crippen LogP contribution in [0.4, 0.5) is 0 Å². The van der Waals surface area contributed by atoms with E-state index in [0.717, 1.165) is 39.0 Å². The minimum atomic E-state index is -0.100. The Morgan fingerprint density at radius 3 is 2.67 bits per heavy atom. The molecule has 2 N–H and O–H groups in total. The van der Waals surface area contributed by atoms with Crippen molar-refractivity contribution >= 4 is 5.91 Å². The lowest BCUT2D eigenvalue weighted by atomic mass is 10.0. The van der Waals surface area contributed by atoms with Gasteiger partial charge in [0.05, 0.1) is 12.2 Å². The van der Waals surface area contributed by atoms with Crippen LogP contribution in [-0.2, 0) is 0 Å². The molecular formula is C14H24N6O. The Labute approximate surface area is 125 Å². The standard InChI is InChI=1S/C14H24N6O/c1-10(2)19-5-3-11(4-6-19)16-14(21)13-9-20(18-17-13)12-7-15-8-12/h9-12,15H,3-8H2,1-2H3,(H,16,21). The van der Waals surface area contributed by atoms with E-state index >= 15 is 0 Å². The molecule has 1 amide bonds. The highest BCUT2D eigenvalue weighted by molar-refractivity contribution is 5.92. The molecule has 0 atom stereocenters. The molecule has 7 heteroatoms. The van der Waals surface area contributed by atoms with Gasteiger partial charge in [0.15, 0.2) is 5.69 Å². The predicted octanol–water partition coefficient (Wildman–Crippen LogP) is 0.0250. The molecule has 1 aromatic rings. The van der Waals surface area contributed by atoms with Crippen LogP contribution in [0.1, 0.15) is 43.2 Å². The summed E-state index contributed by atoms with van der Waals surface area (Å²) in [6, 6.07) is 1.17. The molecule has 2 aliphatic rings. The van der Waals surface area contributed by atoms with Crippen LogP contribution in [0, 0.1) is 0 Å². The molecule has 3 rings (SSSR count). The number of amides is 1. The van der Waals surface area contributed by atoms with Gasteiger partial charge in [-0.3, -0.25) is 4.79 Å². The molecule has 0 saturated carbocycles. The molecule has 7 nitrogen and oxygen atoms in total. The van der Waals surface area contributed by atoms with E-state index in [1.54, 1.807) is 10.9 Å². The van der Waals surface area contributed by atoms with Crippen LogP contribution in [0.2, 0.25) is 0 Å². The predicted molar refractivity (Wildman–Crippen MR) is 79.1 cm³/mol. The van der Waals surface area contributed by atoms with Crippen LogP contribution in [0.25, 0.3) is 0 Å². The second-order valence-electron chi connectivity index (χ2n) is 6.27. The van der Waals surface area contributed by atoms with Crippen LogP contribution in [0.5, 0.6) is 0 Å². The smallest absolute Gasteiger partial charge is 0.273 e. The van der Waals surface area contributed by atoms with Crippen molar-refractivity contribution in [2.75, 3.05) is 26.2 Å². The second-order valence-corrected chi connectivity index (χ2v) is 6.27. The molecule has 116 valence electrons. The average molecular weight is 292 g/mol. The molecule has 0 aromatic carbocycles. The third kappa shape index (κ3) is 3.24. The summed E-state index contributed by atoms with van der Waals surface area (Å²) in [5.41, 5.74) is 0.424. The summed E-state index contributed by atoms with van der Waals surface area (Å²) >= 11 is 0. The van der Waals surface area contributed by atoms with Crippen LogP contribution >= 0.6 is 0 Å². The average Bonchev–Trinajstić information content (AvgIpc) is 2.86. The number of likely N-dealkylation sites (tertiary alicyclic amines) is 1. The minimum absolute atomic E-state index is 0.100. The van der Waals surface area contributed by atoms with Gasteiger partial charge >= 0.3 is 0 Å². The van der Waals surface area contributed by atoms with E-state index in [1.165, 1.54) is 0 Å². The summed E-state index contributed by atoms with van der Waals surface area (Å²) < 4.78 is 1.78. The molecule has 0 bridgehead atoms. The lowest BCUT2D eigenvalue weighted by Gasteiger charge is -2.34. The van der Waals surface area contributed by atoms with E-state index in [2.05, 4.69) is 39.7 Å². The third-order valence-electron chi connectivity index (χ3n) is 4.47. The molecule has 2 fully saturated rings. The number of piperidine rings is 1. The molecule has 21 heavy (non-hydrogen) atoms. The van der Waals surface area contributed by atoms with Crippen LogP contribution in [0.3, 0.4) is 0 Å². The Bertz CT molecular complexity index is 487. The van der Waals surface area contributed by atoms with E-state index in [0.29, 0.717) is 17.8 Å². The Morgan fingerprint density at radius 1 is 1.38 bits per heavy atom. The lowest BCUT2D eigenvalue weighted by molar-refractivity contribution is 0.0895. The maximum absolute atomic E-state index is 12.2. The van der Waals surface area contributed by atoms with Gasteiger partial charge < -0.3 is 15.5 Å². The summed E-state index contributed by atoms with van der Waals surface area (Å²) in [4.78, 5) is 14.7. The highest BCUT2D eigenvalue weighted by Crippen LogP contribution is 2.14. The van der Waals surface area contributed by atoms with Gasteiger partial charge in [-0.15, -0.1) is 5.10 Å². The highest BCUT2D eigenvalue weighted by Gasteiger charge is 2.25. The number of hydrogen-bond acceptors (Lipinski definition) is 5. The van der Waals surface area contributed by atoms with Crippen LogP contribution in [-0.4, -0.2) is 64.1 Å². The highest BCUT2D eigenvalue weighted by atomic mass is 16.2. The fourth-order valence-corrected chi connectivity index (χ4v) is 2.84. The quantitative estimate of drug-likeness (QED) is 0.818. The van der Waals surface area contributed by atoms with E-state index < -0.39 is 0 Å². The van der Waals surface area contributed by atoms with Crippen molar-refractivity contribution in [2.24, 2.45) is 0 Å². The van der Waals surface area contributed by atoms with E-state index in [9.17, 15) is 4.79 Å². The zero-order valence-corrected chi connectivity index (χ0v) is 12.7. The molecule has 1 aromatic heterocycles. The van der Waals surface area contributed by atoms with Gasteiger partial charge in [-0.25, -0.2) is 4.68 Å². The fraction of sp³-hybridized carbons (Fsp3) is 0.786. The zero-order chi connectivity index (χ0) is 14.8. The first-order valence-corrected chi connectivity index (χ1v) is 7.81. The first-order chi connectivity index (χ1) is 10.1. The molecule has 2 saturated heterocycles. The first-order valence-electron chi connectivity index (χ1n) is 7.81. The van der Waals surface area contributed by atoms with E-state index in [4.69, 9.17) is 0 Å². The van der Waals surface area contributed by atoms with Crippen molar-refractivity contribution in [1.29, 1.82) is 0 Å². The molecule has 0 radical (unpaired) electrons. The Morgan fingerprint density at radius 2 is 2.10 bits per heavy atom. The number of nitrogens with zero attached hydrogens (tertiary/aromatic N) is 4. The van der Waals surface area contributed by atoms with E-state index in [1.807, 2.05) is 0 Å². The number of hydrogen-bond donors (Lipinski definition) is 2. The van der Waals surface area contributed by atoms with Crippen LogP contribution < -0.4 is 10.6 Å². The van der Waals surface area contributed by atoms with Gasteiger partial charge in [-0.05, 0) is 26.7 Å². The SMILES string of the molecule is CC(C)N1CCC(NC(=O)c2cn(C3CNC3)nn2)CC1. The maximum Gasteiger partial charge on any atom is 0.273 e.